The van der Waals surface area contributed by atoms with E-state index in [4.69, 9.17) is 0 Å². The number of pyridine rings is 1. The predicted molar refractivity (Wildman–Crippen MR) is 74.1 cm³/mol. The topological polar surface area (TPSA) is 62.2 Å². The molecule has 0 amide bonds. The summed E-state index contributed by atoms with van der Waals surface area (Å²) in [5, 5.41) is 13.7. The number of carboxylic acid groups (broad SMARTS) is 1. The molecule has 2 aromatic rings. The number of anilines is 1. The minimum Gasteiger partial charge on any atom is -0.480 e. The zero-order valence-electron chi connectivity index (χ0n) is 10.8. The SMILES string of the molecule is CC(Nc1ccnc2ccccc12)(C(=O)O)C1CC1. The third-order valence-corrected chi connectivity index (χ3v) is 3.88. The molecule has 19 heavy (non-hydrogen) atoms. The molecule has 0 spiro atoms. The molecule has 3 rings (SSSR count). The van der Waals surface area contributed by atoms with Crippen molar-refractivity contribution in [3.8, 4) is 0 Å². The summed E-state index contributed by atoms with van der Waals surface area (Å²) in [7, 11) is 0. The first-order valence-corrected chi connectivity index (χ1v) is 6.46. The summed E-state index contributed by atoms with van der Waals surface area (Å²) >= 11 is 0. The van der Waals surface area contributed by atoms with Gasteiger partial charge in [-0.1, -0.05) is 18.2 Å². The second-order valence-corrected chi connectivity index (χ2v) is 5.28. The third kappa shape index (κ3) is 2.03. The normalized spacial score (nSPS) is 17.9. The van der Waals surface area contributed by atoms with E-state index in [9.17, 15) is 9.90 Å². The van der Waals surface area contributed by atoms with Crippen LogP contribution in [-0.2, 0) is 4.79 Å². The summed E-state index contributed by atoms with van der Waals surface area (Å²) in [6.45, 7) is 1.77. The number of carboxylic acids is 1. The van der Waals surface area contributed by atoms with Crippen LogP contribution in [0.5, 0.6) is 0 Å². The molecule has 4 nitrogen and oxygen atoms in total. The Morgan fingerprint density at radius 2 is 2.11 bits per heavy atom. The number of hydrogen-bond donors (Lipinski definition) is 2. The molecule has 98 valence electrons. The van der Waals surface area contributed by atoms with Gasteiger partial charge in [-0.25, -0.2) is 4.79 Å². The Morgan fingerprint density at radius 3 is 2.79 bits per heavy atom. The molecule has 1 atom stereocenters. The maximum atomic E-state index is 11.6. The Morgan fingerprint density at radius 1 is 1.37 bits per heavy atom. The van der Waals surface area contributed by atoms with Gasteiger partial charge in [0.15, 0.2) is 0 Å². The molecule has 0 saturated heterocycles. The first-order valence-electron chi connectivity index (χ1n) is 6.46. The van der Waals surface area contributed by atoms with Gasteiger partial charge >= 0.3 is 5.97 Å². The van der Waals surface area contributed by atoms with E-state index in [0.717, 1.165) is 29.4 Å². The van der Waals surface area contributed by atoms with Crippen LogP contribution in [0.1, 0.15) is 19.8 Å². The lowest BCUT2D eigenvalue weighted by atomic mass is 9.95. The van der Waals surface area contributed by atoms with Crippen molar-refractivity contribution in [2.24, 2.45) is 5.92 Å². The van der Waals surface area contributed by atoms with Gasteiger partial charge in [-0.05, 0) is 37.8 Å². The first kappa shape index (κ1) is 12.0. The lowest BCUT2D eigenvalue weighted by Gasteiger charge is -2.28. The van der Waals surface area contributed by atoms with E-state index >= 15 is 0 Å². The molecule has 4 heteroatoms. The van der Waals surface area contributed by atoms with Crippen LogP contribution in [0.2, 0.25) is 0 Å². The van der Waals surface area contributed by atoms with E-state index < -0.39 is 11.5 Å². The fourth-order valence-corrected chi connectivity index (χ4v) is 2.48. The fourth-order valence-electron chi connectivity index (χ4n) is 2.48. The van der Waals surface area contributed by atoms with Gasteiger partial charge in [0, 0.05) is 17.3 Å². The standard InChI is InChI=1S/C15H16N2O2/c1-15(14(18)19,10-6-7-10)17-13-8-9-16-12-5-3-2-4-11(12)13/h2-5,8-10H,6-7H2,1H3,(H,16,17)(H,18,19). The number of aromatic nitrogens is 1. The molecule has 0 radical (unpaired) electrons. The molecular formula is C15H16N2O2. The minimum absolute atomic E-state index is 0.205. The van der Waals surface area contributed by atoms with Gasteiger partial charge in [-0.3, -0.25) is 4.98 Å². The molecule has 0 aliphatic heterocycles. The van der Waals surface area contributed by atoms with E-state index in [0.29, 0.717) is 0 Å². The molecule has 1 aliphatic carbocycles. The number of aliphatic carboxylic acids is 1. The van der Waals surface area contributed by atoms with E-state index in [-0.39, 0.29) is 5.92 Å². The predicted octanol–water partition coefficient (Wildman–Crippen LogP) is 2.90. The van der Waals surface area contributed by atoms with Gasteiger partial charge in [0.2, 0.25) is 0 Å². The van der Waals surface area contributed by atoms with E-state index in [2.05, 4.69) is 10.3 Å². The molecule has 1 aromatic carbocycles. The summed E-state index contributed by atoms with van der Waals surface area (Å²) in [4.78, 5) is 15.9. The zero-order chi connectivity index (χ0) is 13.5. The molecule has 0 bridgehead atoms. The Balaban J connectivity index is 2.03. The van der Waals surface area contributed by atoms with Gasteiger partial charge in [-0.2, -0.15) is 0 Å². The molecular weight excluding hydrogens is 240 g/mol. The number of carbonyl (C=O) groups is 1. The van der Waals surface area contributed by atoms with Crippen LogP contribution >= 0.6 is 0 Å². The number of hydrogen-bond acceptors (Lipinski definition) is 3. The van der Waals surface area contributed by atoms with Crippen LogP contribution in [0.3, 0.4) is 0 Å². The van der Waals surface area contributed by atoms with E-state index in [1.54, 1.807) is 13.1 Å². The van der Waals surface area contributed by atoms with Gasteiger partial charge in [0.25, 0.3) is 0 Å². The van der Waals surface area contributed by atoms with Crippen molar-refractivity contribution in [1.82, 2.24) is 4.98 Å². The molecule has 2 N–H and O–H groups in total. The van der Waals surface area contributed by atoms with Gasteiger partial charge < -0.3 is 10.4 Å². The second-order valence-electron chi connectivity index (χ2n) is 5.28. The third-order valence-electron chi connectivity index (χ3n) is 3.88. The average Bonchev–Trinajstić information content (AvgIpc) is 3.23. The molecule has 1 fully saturated rings. The smallest absolute Gasteiger partial charge is 0.329 e. The summed E-state index contributed by atoms with van der Waals surface area (Å²) in [5.41, 5.74) is 0.808. The number of nitrogens with one attached hydrogen (secondary N) is 1. The van der Waals surface area contributed by atoms with Crippen molar-refractivity contribution in [2.45, 2.75) is 25.3 Å². The monoisotopic (exact) mass is 256 g/mol. The fraction of sp³-hybridized carbons (Fsp3) is 0.333. The number of benzene rings is 1. The minimum atomic E-state index is -0.899. The van der Waals surface area contributed by atoms with Crippen LogP contribution in [0, 0.1) is 5.92 Å². The van der Waals surface area contributed by atoms with Crippen LogP contribution in [-0.4, -0.2) is 21.6 Å². The van der Waals surface area contributed by atoms with Gasteiger partial charge in [-0.15, -0.1) is 0 Å². The largest absolute Gasteiger partial charge is 0.480 e. The average molecular weight is 256 g/mol. The van der Waals surface area contributed by atoms with Crippen LogP contribution in [0.4, 0.5) is 5.69 Å². The van der Waals surface area contributed by atoms with E-state index in [1.165, 1.54) is 0 Å². The van der Waals surface area contributed by atoms with Crippen molar-refractivity contribution >= 4 is 22.6 Å². The highest BCUT2D eigenvalue weighted by Crippen LogP contribution is 2.42. The lowest BCUT2D eigenvalue weighted by molar-refractivity contribution is -0.142. The molecule has 1 heterocycles. The highest BCUT2D eigenvalue weighted by molar-refractivity contribution is 5.94. The zero-order valence-corrected chi connectivity index (χ0v) is 10.8. The van der Waals surface area contributed by atoms with Crippen molar-refractivity contribution in [1.29, 1.82) is 0 Å². The maximum absolute atomic E-state index is 11.6. The molecule has 1 aromatic heterocycles. The summed E-state index contributed by atoms with van der Waals surface area (Å²) in [5.74, 6) is -0.590. The van der Waals surface area contributed by atoms with Crippen LogP contribution in [0.15, 0.2) is 36.5 Å². The van der Waals surface area contributed by atoms with Crippen molar-refractivity contribution < 1.29 is 9.90 Å². The highest BCUT2D eigenvalue weighted by Gasteiger charge is 2.47. The van der Waals surface area contributed by atoms with E-state index in [1.807, 2.05) is 30.3 Å². The number of rotatable bonds is 4. The Bertz CT molecular complexity index is 632. The second kappa shape index (κ2) is 4.23. The van der Waals surface area contributed by atoms with Crippen LogP contribution < -0.4 is 5.32 Å². The lowest BCUT2D eigenvalue weighted by Crippen LogP contribution is -2.45. The van der Waals surface area contributed by atoms with Crippen molar-refractivity contribution in [3.05, 3.63) is 36.5 Å². The quantitative estimate of drug-likeness (QED) is 0.883. The van der Waals surface area contributed by atoms with Gasteiger partial charge in [0.1, 0.15) is 5.54 Å². The Kier molecular flexibility index (Phi) is 2.66. The number of para-hydroxylation sites is 1. The highest BCUT2D eigenvalue weighted by atomic mass is 16.4. The Labute approximate surface area is 111 Å². The molecule has 1 aliphatic rings. The number of nitrogens with zero attached hydrogens (tertiary/aromatic N) is 1. The molecule has 1 saturated carbocycles. The van der Waals surface area contributed by atoms with Crippen LogP contribution in [0.25, 0.3) is 10.9 Å². The number of fused-ring (bicyclic) bond motifs is 1. The first-order chi connectivity index (χ1) is 9.11. The Hall–Kier alpha value is -2.10. The molecule has 1 unspecified atom stereocenters. The van der Waals surface area contributed by atoms with Crippen molar-refractivity contribution in [3.63, 3.8) is 0 Å². The summed E-state index contributed by atoms with van der Waals surface area (Å²) < 4.78 is 0. The summed E-state index contributed by atoms with van der Waals surface area (Å²) in [6.07, 6.45) is 3.65. The maximum Gasteiger partial charge on any atom is 0.329 e. The van der Waals surface area contributed by atoms with Gasteiger partial charge in [0.05, 0.1) is 5.52 Å². The van der Waals surface area contributed by atoms with Crippen molar-refractivity contribution in [2.75, 3.05) is 5.32 Å². The summed E-state index contributed by atoms with van der Waals surface area (Å²) in [6, 6.07) is 9.59.